The normalized spacial score (nSPS) is 20.9. The van der Waals surface area contributed by atoms with Gasteiger partial charge in [0.1, 0.15) is 0 Å². The summed E-state index contributed by atoms with van der Waals surface area (Å²) in [5.41, 5.74) is 6.82. The van der Waals surface area contributed by atoms with Crippen LogP contribution in [0.5, 0.6) is 0 Å². The Morgan fingerprint density at radius 1 is 1.23 bits per heavy atom. The highest BCUT2D eigenvalue weighted by molar-refractivity contribution is 5.86. The molecule has 0 aromatic heterocycles. The summed E-state index contributed by atoms with van der Waals surface area (Å²) in [5, 5.41) is 2.41. The van der Waals surface area contributed by atoms with Gasteiger partial charge in [-0.3, -0.25) is 4.79 Å². The van der Waals surface area contributed by atoms with Crippen LogP contribution in [0.3, 0.4) is 0 Å². The fourth-order valence-electron chi connectivity index (χ4n) is 3.29. The summed E-state index contributed by atoms with van der Waals surface area (Å²) in [6.07, 6.45) is 1.51. The van der Waals surface area contributed by atoms with Crippen LogP contribution in [0.4, 0.5) is 0 Å². The number of benzene rings is 2. The maximum absolute atomic E-state index is 12.5. The SMILES string of the molecule is CC1CC(CN)CN1C(=O)Cc1ccc2ccccc2c1.Cl. The minimum atomic E-state index is 0. The van der Waals surface area contributed by atoms with Crippen LogP contribution in [0.15, 0.2) is 42.5 Å². The molecule has 2 atom stereocenters. The Kier molecular flexibility index (Phi) is 5.43. The molecule has 4 heteroatoms. The van der Waals surface area contributed by atoms with Crippen molar-refractivity contribution in [1.82, 2.24) is 4.90 Å². The van der Waals surface area contributed by atoms with Crippen LogP contribution in [0.2, 0.25) is 0 Å². The van der Waals surface area contributed by atoms with Crippen molar-refractivity contribution in [1.29, 1.82) is 0 Å². The third-order valence-corrected chi connectivity index (χ3v) is 4.48. The van der Waals surface area contributed by atoms with E-state index in [-0.39, 0.29) is 18.3 Å². The molecule has 1 fully saturated rings. The molecule has 0 bridgehead atoms. The highest BCUT2D eigenvalue weighted by Gasteiger charge is 2.31. The van der Waals surface area contributed by atoms with Crippen LogP contribution in [0.1, 0.15) is 18.9 Å². The molecule has 1 amide bonds. The summed E-state index contributed by atoms with van der Waals surface area (Å²) in [7, 11) is 0. The standard InChI is InChI=1S/C18H22N2O.ClH/c1-13-8-15(11-19)12-20(13)18(21)10-14-6-7-16-4-2-3-5-17(16)9-14;/h2-7,9,13,15H,8,10-12,19H2,1H3;1H. The lowest BCUT2D eigenvalue weighted by molar-refractivity contribution is -0.131. The first-order chi connectivity index (χ1) is 10.2. The monoisotopic (exact) mass is 318 g/mol. The van der Waals surface area contributed by atoms with Crippen molar-refractivity contribution >= 4 is 29.1 Å². The second-order valence-corrected chi connectivity index (χ2v) is 6.09. The van der Waals surface area contributed by atoms with Gasteiger partial charge >= 0.3 is 0 Å². The third-order valence-electron chi connectivity index (χ3n) is 4.48. The van der Waals surface area contributed by atoms with Gasteiger partial charge in [-0.2, -0.15) is 0 Å². The van der Waals surface area contributed by atoms with Gasteiger partial charge in [0.25, 0.3) is 0 Å². The Labute approximate surface area is 137 Å². The number of nitrogens with zero attached hydrogens (tertiary/aromatic N) is 1. The average Bonchev–Trinajstić information content (AvgIpc) is 2.88. The molecule has 118 valence electrons. The van der Waals surface area contributed by atoms with Gasteiger partial charge < -0.3 is 10.6 Å². The van der Waals surface area contributed by atoms with Crippen LogP contribution >= 0.6 is 12.4 Å². The lowest BCUT2D eigenvalue weighted by Gasteiger charge is -2.21. The molecular formula is C18H23ClN2O. The largest absolute Gasteiger partial charge is 0.339 e. The number of fused-ring (bicyclic) bond motifs is 1. The predicted molar refractivity (Wildman–Crippen MR) is 93.2 cm³/mol. The first kappa shape index (κ1) is 16.8. The van der Waals surface area contributed by atoms with E-state index in [4.69, 9.17) is 5.73 Å². The van der Waals surface area contributed by atoms with Crippen molar-refractivity contribution in [3.05, 3.63) is 48.0 Å². The van der Waals surface area contributed by atoms with Crippen LogP contribution < -0.4 is 5.73 Å². The fourth-order valence-corrected chi connectivity index (χ4v) is 3.29. The number of likely N-dealkylation sites (tertiary alicyclic amines) is 1. The number of nitrogens with two attached hydrogens (primary N) is 1. The molecule has 2 N–H and O–H groups in total. The Balaban J connectivity index is 0.00000176. The molecule has 0 spiro atoms. The summed E-state index contributed by atoms with van der Waals surface area (Å²) in [4.78, 5) is 14.5. The summed E-state index contributed by atoms with van der Waals surface area (Å²) in [6, 6.07) is 14.8. The predicted octanol–water partition coefficient (Wildman–Crippen LogP) is 3.00. The fraction of sp³-hybridized carbons (Fsp3) is 0.389. The Morgan fingerprint density at radius 2 is 1.95 bits per heavy atom. The molecule has 0 saturated carbocycles. The maximum atomic E-state index is 12.5. The van der Waals surface area contributed by atoms with Gasteiger partial charge in [0, 0.05) is 12.6 Å². The van der Waals surface area contributed by atoms with Crippen LogP contribution in [-0.2, 0) is 11.2 Å². The van der Waals surface area contributed by atoms with E-state index in [1.54, 1.807) is 0 Å². The molecule has 0 aliphatic carbocycles. The molecule has 2 unspecified atom stereocenters. The molecule has 3 rings (SSSR count). The van der Waals surface area contributed by atoms with E-state index >= 15 is 0 Å². The number of halogens is 1. The molecule has 2 aromatic carbocycles. The van der Waals surface area contributed by atoms with Crippen LogP contribution in [-0.4, -0.2) is 29.9 Å². The molecule has 1 aliphatic heterocycles. The third kappa shape index (κ3) is 3.42. The zero-order valence-corrected chi connectivity index (χ0v) is 13.7. The summed E-state index contributed by atoms with van der Waals surface area (Å²) in [6.45, 7) is 3.60. The molecule has 1 saturated heterocycles. The number of hydrogen-bond acceptors (Lipinski definition) is 2. The van der Waals surface area contributed by atoms with E-state index in [9.17, 15) is 4.79 Å². The quantitative estimate of drug-likeness (QED) is 0.945. The first-order valence-corrected chi connectivity index (χ1v) is 7.64. The maximum Gasteiger partial charge on any atom is 0.227 e. The molecule has 22 heavy (non-hydrogen) atoms. The topological polar surface area (TPSA) is 46.3 Å². The van der Waals surface area contributed by atoms with E-state index in [2.05, 4.69) is 37.3 Å². The van der Waals surface area contributed by atoms with Gasteiger partial charge in [0.15, 0.2) is 0 Å². The number of carbonyl (C=O) groups excluding carboxylic acids is 1. The van der Waals surface area contributed by atoms with Gasteiger partial charge in [-0.25, -0.2) is 0 Å². The van der Waals surface area contributed by atoms with E-state index in [0.29, 0.717) is 24.9 Å². The van der Waals surface area contributed by atoms with Gasteiger partial charge in [-0.1, -0.05) is 42.5 Å². The molecule has 1 aliphatic rings. The van der Waals surface area contributed by atoms with Crippen molar-refractivity contribution in [2.24, 2.45) is 11.7 Å². The van der Waals surface area contributed by atoms with Crippen molar-refractivity contribution < 1.29 is 4.79 Å². The Hall–Kier alpha value is -1.58. The lowest BCUT2D eigenvalue weighted by atomic mass is 10.0. The van der Waals surface area contributed by atoms with Gasteiger partial charge in [-0.15, -0.1) is 12.4 Å². The first-order valence-electron chi connectivity index (χ1n) is 7.64. The van der Waals surface area contributed by atoms with Crippen LogP contribution in [0, 0.1) is 5.92 Å². The minimum absolute atomic E-state index is 0. The van der Waals surface area contributed by atoms with E-state index in [1.165, 1.54) is 10.8 Å². The van der Waals surface area contributed by atoms with Crippen molar-refractivity contribution in [3.63, 3.8) is 0 Å². The summed E-state index contributed by atoms with van der Waals surface area (Å²) >= 11 is 0. The highest BCUT2D eigenvalue weighted by atomic mass is 35.5. The van der Waals surface area contributed by atoms with Gasteiger partial charge in [0.2, 0.25) is 5.91 Å². The number of carbonyl (C=O) groups is 1. The highest BCUT2D eigenvalue weighted by Crippen LogP contribution is 2.23. The molecule has 1 heterocycles. The second kappa shape index (κ2) is 7.12. The van der Waals surface area contributed by atoms with Crippen LogP contribution in [0.25, 0.3) is 10.8 Å². The number of rotatable bonds is 3. The number of hydrogen-bond donors (Lipinski definition) is 1. The zero-order valence-electron chi connectivity index (χ0n) is 12.9. The summed E-state index contributed by atoms with van der Waals surface area (Å²) in [5.74, 6) is 0.675. The molecule has 3 nitrogen and oxygen atoms in total. The molecule has 0 radical (unpaired) electrons. The van der Waals surface area contributed by atoms with Gasteiger partial charge in [0.05, 0.1) is 6.42 Å². The smallest absolute Gasteiger partial charge is 0.227 e. The van der Waals surface area contributed by atoms with E-state index in [1.807, 2.05) is 17.0 Å². The van der Waals surface area contributed by atoms with Crippen molar-refractivity contribution in [2.75, 3.05) is 13.1 Å². The minimum Gasteiger partial charge on any atom is -0.339 e. The van der Waals surface area contributed by atoms with Crippen molar-refractivity contribution in [2.45, 2.75) is 25.8 Å². The van der Waals surface area contributed by atoms with E-state index < -0.39 is 0 Å². The number of amides is 1. The average molecular weight is 319 g/mol. The Bertz CT molecular complexity index is 658. The Morgan fingerprint density at radius 3 is 2.64 bits per heavy atom. The second-order valence-electron chi connectivity index (χ2n) is 6.09. The summed E-state index contributed by atoms with van der Waals surface area (Å²) < 4.78 is 0. The lowest BCUT2D eigenvalue weighted by Crippen LogP contribution is -2.35. The zero-order chi connectivity index (χ0) is 14.8. The van der Waals surface area contributed by atoms with Crippen molar-refractivity contribution in [3.8, 4) is 0 Å². The molecular weight excluding hydrogens is 296 g/mol. The molecule has 2 aromatic rings. The van der Waals surface area contributed by atoms with Gasteiger partial charge in [-0.05, 0) is 42.1 Å². The van der Waals surface area contributed by atoms with E-state index in [0.717, 1.165) is 18.5 Å².